The zero-order valence-electron chi connectivity index (χ0n) is 39.3. The molecule has 0 radical (unpaired) electrons. The standard InChI is InChI=1S/C61H62N2S/c1-11-41(2)62(48-31-25-46(26-32-48)59(3,4)5)49-35-37-52(38-36-49)63(51-33-27-47(28-34-51)60(6,7)8)50-29-22-44(23-30-50)57-55(42-18-14-12-15-19-42)56(43-20-16-13-17-21-43)58(64-57)45-24-39-53-54(40-45)61(53,9)10/h12-41H,11H2,1-10H3. The van der Waals surface area contributed by atoms with Gasteiger partial charge in [0.1, 0.15) is 0 Å². The fraction of sp³-hybridized carbons (Fsp3) is 0.246. The number of nitrogens with zero attached hydrogens (tertiary/aromatic N) is 2. The van der Waals surface area contributed by atoms with E-state index in [0.717, 1.165) is 23.5 Å². The monoisotopic (exact) mass is 854 g/mol. The van der Waals surface area contributed by atoms with Gasteiger partial charge < -0.3 is 9.80 Å². The molecule has 0 N–H and O–H groups in total. The van der Waals surface area contributed by atoms with Crippen LogP contribution in [0.15, 0.2) is 176 Å². The maximum absolute atomic E-state index is 2.48. The first-order valence-electron chi connectivity index (χ1n) is 23.1. The van der Waals surface area contributed by atoms with Gasteiger partial charge >= 0.3 is 0 Å². The number of hydrogen-bond acceptors (Lipinski definition) is 3. The maximum atomic E-state index is 2.48. The van der Waals surface area contributed by atoms with Crippen molar-refractivity contribution in [3.05, 3.63) is 198 Å². The van der Waals surface area contributed by atoms with E-state index in [0.29, 0.717) is 6.04 Å². The summed E-state index contributed by atoms with van der Waals surface area (Å²) in [6.45, 7) is 22.9. The maximum Gasteiger partial charge on any atom is 0.0463 e. The zero-order valence-corrected chi connectivity index (χ0v) is 40.1. The molecule has 3 heteroatoms. The molecule has 0 fully saturated rings. The van der Waals surface area contributed by atoms with Crippen LogP contribution in [-0.2, 0) is 16.2 Å². The molecular weight excluding hydrogens is 793 g/mol. The second-order valence-corrected chi connectivity index (χ2v) is 21.3. The van der Waals surface area contributed by atoms with Crippen molar-refractivity contribution in [3.8, 4) is 43.1 Å². The van der Waals surface area contributed by atoms with Gasteiger partial charge in [-0.25, -0.2) is 0 Å². The van der Waals surface area contributed by atoms with Crippen molar-refractivity contribution >= 4 is 39.8 Å². The molecular formula is C61H62N2S. The lowest BCUT2D eigenvalue weighted by atomic mass is 9.87. The Labute approximate surface area is 386 Å². The van der Waals surface area contributed by atoms with Gasteiger partial charge in [-0.3, -0.25) is 0 Å². The number of hydrogen-bond donors (Lipinski definition) is 0. The molecule has 9 rings (SSSR count). The van der Waals surface area contributed by atoms with Gasteiger partial charge in [0.15, 0.2) is 0 Å². The number of anilines is 5. The van der Waals surface area contributed by atoms with E-state index in [1.807, 2.05) is 11.3 Å². The van der Waals surface area contributed by atoms with Crippen molar-refractivity contribution in [1.82, 2.24) is 0 Å². The Kier molecular flexibility index (Phi) is 11.3. The number of benzene rings is 7. The molecule has 1 atom stereocenters. The molecule has 64 heavy (non-hydrogen) atoms. The van der Waals surface area contributed by atoms with Crippen molar-refractivity contribution in [3.63, 3.8) is 0 Å². The van der Waals surface area contributed by atoms with E-state index in [-0.39, 0.29) is 16.2 Å². The first-order chi connectivity index (χ1) is 30.6. The van der Waals surface area contributed by atoms with Gasteiger partial charge in [0.2, 0.25) is 0 Å². The Hall–Kier alpha value is -6.16. The van der Waals surface area contributed by atoms with Gasteiger partial charge in [0.05, 0.1) is 0 Å². The summed E-state index contributed by atoms with van der Waals surface area (Å²) >= 11 is 1.91. The van der Waals surface area contributed by atoms with Crippen LogP contribution in [0, 0.1) is 0 Å². The first-order valence-corrected chi connectivity index (χ1v) is 23.9. The Balaban J connectivity index is 1.15. The van der Waals surface area contributed by atoms with Crippen molar-refractivity contribution in [1.29, 1.82) is 0 Å². The number of fused-ring (bicyclic) bond motifs is 1. The second kappa shape index (κ2) is 16.8. The molecule has 322 valence electrons. The van der Waals surface area contributed by atoms with Gasteiger partial charge in [-0.1, -0.05) is 172 Å². The van der Waals surface area contributed by atoms with Crippen molar-refractivity contribution in [2.24, 2.45) is 0 Å². The Bertz CT molecular complexity index is 2870. The smallest absolute Gasteiger partial charge is 0.0463 e. The Morgan fingerprint density at radius 2 is 0.844 bits per heavy atom. The average molecular weight is 855 g/mol. The van der Waals surface area contributed by atoms with E-state index in [1.165, 1.54) is 76.8 Å². The molecule has 0 aliphatic heterocycles. The summed E-state index contributed by atoms with van der Waals surface area (Å²) in [6.07, 6.45) is 1.04. The van der Waals surface area contributed by atoms with Crippen LogP contribution in [0.5, 0.6) is 0 Å². The Morgan fingerprint density at radius 3 is 1.28 bits per heavy atom. The largest absolute Gasteiger partial charge is 0.339 e. The number of rotatable bonds is 11. The minimum absolute atomic E-state index is 0.0589. The number of thiophene rings is 1. The van der Waals surface area contributed by atoms with Gasteiger partial charge in [-0.15, -0.1) is 11.3 Å². The predicted molar refractivity (Wildman–Crippen MR) is 279 cm³/mol. The lowest BCUT2D eigenvalue weighted by molar-refractivity contribution is 0.590. The quantitative estimate of drug-likeness (QED) is 0.128. The topological polar surface area (TPSA) is 6.48 Å². The molecule has 1 unspecified atom stereocenters. The molecule has 2 nitrogen and oxygen atoms in total. The third-order valence-corrected chi connectivity index (χ3v) is 14.7. The van der Waals surface area contributed by atoms with Gasteiger partial charge in [-0.2, -0.15) is 0 Å². The summed E-state index contributed by atoms with van der Waals surface area (Å²) in [7, 11) is 0. The third-order valence-electron chi connectivity index (χ3n) is 13.4. The summed E-state index contributed by atoms with van der Waals surface area (Å²) in [5, 5.41) is 0. The molecule has 0 amide bonds. The molecule has 1 heterocycles. The lowest BCUT2D eigenvalue weighted by Crippen LogP contribution is -2.27. The van der Waals surface area contributed by atoms with E-state index >= 15 is 0 Å². The summed E-state index contributed by atoms with van der Waals surface area (Å²) in [5.74, 6) is 0. The van der Waals surface area contributed by atoms with Gasteiger partial charge in [-0.05, 0) is 135 Å². The fourth-order valence-electron chi connectivity index (χ4n) is 9.24. The van der Waals surface area contributed by atoms with Crippen LogP contribution in [-0.4, -0.2) is 6.04 Å². The molecule has 1 aliphatic rings. The highest BCUT2D eigenvalue weighted by Gasteiger charge is 2.41. The molecule has 1 aromatic heterocycles. The highest BCUT2D eigenvalue weighted by atomic mass is 32.1. The summed E-state index contributed by atoms with van der Waals surface area (Å²) in [5.41, 5.74) is 19.2. The van der Waals surface area contributed by atoms with Crippen LogP contribution in [0.1, 0.15) is 97.9 Å². The van der Waals surface area contributed by atoms with E-state index in [2.05, 4.69) is 255 Å². The molecule has 1 aliphatic carbocycles. The molecule has 0 saturated heterocycles. The van der Waals surface area contributed by atoms with E-state index in [1.54, 1.807) is 0 Å². The highest BCUT2D eigenvalue weighted by Crippen LogP contribution is 2.56. The predicted octanol–water partition coefficient (Wildman–Crippen LogP) is 18.1. The molecule has 8 aromatic rings. The summed E-state index contributed by atoms with van der Waals surface area (Å²) in [4.78, 5) is 7.48. The average Bonchev–Trinajstić information content (AvgIpc) is 3.62. The summed E-state index contributed by atoms with van der Waals surface area (Å²) in [6, 6.07) is 66.2. The second-order valence-electron chi connectivity index (χ2n) is 20.2. The van der Waals surface area contributed by atoms with Crippen LogP contribution in [0.25, 0.3) is 43.1 Å². The minimum atomic E-state index is 0.0589. The zero-order chi connectivity index (χ0) is 45.0. The van der Waals surface area contributed by atoms with Gasteiger partial charge in [0.25, 0.3) is 0 Å². The summed E-state index contributed by atoms with van der Waals surface area (Å²) < 4.78 is 0. The normalized spacial score (nSPS) is 13.6. The molecule has 7 aromatic carbocycles. The fourth-order valence-corrected chi connectivity index (χ4v) is 10.6. The Morgan fingerprint density at radius 1 is 0.453 bits per heavy atom. The lowest BCUT2D eigenvalue weighted by Gasteiger charge is -2.32. The van der Waals surface area contributed by atoms with E-state index in [9.17, 15) is 0 Å². The molecule has 0 bridgehead atoms. The third kappa shape index (κ3) is 8.23. The SMILES string of the molecule is CCC(C)N(c1ccc(N(c2ccc(-c3sc(-c4ccc5c(c4)C5(C)C)c(-c4ccccc4)c3-c3ccccc3)cc2)c2ccc(C(C)(C)C)cc2)cc1)c1ccc(C(C)(C)C)cc1. The van der Waals surface area contributed by atoms with Crippen molar-refractivity contribution < 1.29 is 0 Å². The molecule has 0 saturated carbocycles. The van der Waals surface area contributed by atoms with Crippen LogP contribution in [0.3, 0.4) is 0 Å². The van der Waals surface area contributed by atoms with E-state index < -0.39 is 0 Å². The van der Waals surface area contributed by atoms with Crippen molar-refractivity contribution in [2.45, 2.75) is 97.9 Å². The van der Waals surface area contributed by atoms with Crippen LogP contribution in [0.2, 0.25) is 0 Å². The van der Waals surface area contributed by atoms with Crippen LogP contribution in [0.4, 0.5) is 28.4 Å². The minimum Gasteiger partial charge on any atom is -0.339 e. The first kappa shape index (κ1) is 43.1. The van der Waals surface area contributed by atoms with Gasteiger partial charge in [0, 0.05) is 60.8 Å². The van der Waals surface area contributed by atoms with Crippen LogP contribution < -0.4 is 9.80 Å². The highest BCUT2D eigenvalue weighted by molar-refractivity contribution is 7.20. The van der Waals surface area contributed by atoms with Crippen molar-refractivity contribution in [2.75, 3.05) is 9.80 Å². The van der Waals surface area contributed by atoms with Crippen LogP contribution >= 0.6 is 11.3 Å². The van der Waals surface area contributed by atoms with E-state index in [4.69, 9.17) is 0 Å². The molecule has 0 spiro atoms.